The van der Waals surface area contributed by atoms with Crippen LogP contribution in [0, 0.1) is 0 Å². The number of carbonyl (C=O) groups is 1. The molecule has 5 nitrogen and oxygen atoms in total. The number of unbranched alkanes of at least 4 members (excludes halogenated alkanes) is 9. The summed E-state index contributed by atoms with van der Waals surface area (Å²) in [6.45, 7) is 3.37. The Morgan fingerprint density at radius 1 is 0.636 bits per heavy atom. The van der Waals surface area contributed by atoms with E-state index in [-0.39, 0.29) is 11.5 Å². The van der Waals surface area contributed by atoms with Crippen molar-refractivity contribution < 1.29 is 14.5 Å². The number of nitrogens with zero attached hydrogens (tertiary/aromatic N) is 3. The average Bonchev–Trinajstić information content (AvgIpc) is 3.69. The highest BCUT2D eigenvalue weighted by Crippen LogP contribution is 2.31. The lowest BCUT2D eigenvalue weighted by Crippen LogP contribution is -2.36. The third kappa shape index (κ3) is 9.75. The molecule has 5 heteroatoms. The standard InChI is InChI=1S/C29H44N3.C21H16O2/c1-6-7-8-9-10-11-12-13-14-15-20-32-28-22-26(30(2)3)18-16-24(28)21-25-17-19-27(31(4)5)23-29(25)32;22-20-16(12-14-6-1-3-10-18(14)20)8-5-9-17-13-15-7-2-4-11-19(15)21(17)23/h16-19,21-23H,6-15,20H2,1-5H3;1-11,22H,12-13H2/q+1;/p-1. The lowest BCUT2D eigenvalue weighted by molar-refractivity contribution is -0.645. The van der Waals surface area contributed by atoms with Crippen LogP contribution in [-0.4, -0.2) is 34.0 Å². The zero-order chi connectivity index (χ0) is 38.7. The summed E-state index contributed by atoms with van der Waals surface area (Å²) in [4.78, 5) is 16.7. The Hall–Kier alpha value is -5.16. The first-order valence-corrected chi connectivity index (χ1v) is 20.5. The van der Waals surface area contributed by atoms with Crippen LogP contribution in [0.5, 0.6) is 0 Å². The van der Waals surface area contributed by atoms with Gasteiger partial charge in [-0.3, -0.25) is 4.79 Å². The number of fused-ring (bicyclic) bond motifs is 4. The molecular weight excluding hydrogens is 675 g/mol. The second-order valence-electron chi connectivity index (χ2n) is 15.7. The van der Waals surface area contributed by atoms with Crippen LogP contribution in [0.15, 0.2) is 120 Å². The number of allylic oxidation sites excluding steroid dienone is 5. The number of carbonyl (C=O) groups excluding carboxylic acids is 1. The summed E-state index contributed by atoms with van der Waals surface area (Å²) < 4.78 is 2.56. The zero-order valence-electron chi connectivity index (χ0n) is 33.7. The molecule has 7 rings (SSSR count). The Kier molecular flexibility index (Phi) is 13.6. The van der Waals surface area contributed by atoms with E-state index in [1.165, 1.54) is 97.4 Å². The molecule has 0 radical (unpaired) electrons. The number of ketones is 1. The Morgan fingerprint density at radius 3 is 1.71 bits per heavy atom. The van der Waals surface area contributed by atoms with Gasteiger partial charge in [-0.15, -0.1) is 0 Å². The van der Waals surface area contributed by atoms with Crippen LogP contribution in [0.2, 0.25) is 0 Å². The highest BCUT2D eigenvalue weighted by Gasteiger charge is 2.23. The predicted molar refractivity (Wildman–Crippen MR) is 231 cm³/mol. The van der Waals surface area contributed by atoms with E-state index >= 15 is 0 Å². The molecule has 0 saturated heterocycles. The summed E-state index contributed by atoms with van der Waals surface area (Å²) in [6, 6.07) is 31.5. The number of hydrogen-bond donors (Lipinski definition) is 0. The third-order valence-electron chi connectivity index (χ3n) is 11.2. The molecule has 4 aromatic carbocycles. The molecule has 2 aliphatic carbocycles. The summed E-state index contributed by atoms with van der Waals surface area (Å²) in [6.07, 6.45) is 20.6. The Morgan fingerprint density at radius 2 is 1.16 bits per heavy atom. The van der Waals surface area contributed by atoms with Gasteiger partial charge in [-0.2, -0.15) is 4.57 Å². The first-order valence-electron chi connectivity index (χ1n) is 20.5. The molecule has 286 valence electrons. The average molecular weight is 734 g/mol. The highest BCUT2D eigenvalue weighted by molar-refractivity contribution is 6.13. The van der Waals surface area contributed by atoms with Crippen molar-refractivity contribution in [3.05, 3.63) is 143 Å². The third-order valence-corrected chi connectivity index (χ3v) is 11.2. The van der Waals surface area contributed by atoms with Crippen LogP contribution >= 0.6 is 0 Å². The summed E-state index contributed by atoms with van der Waals surface area (Å²) in [5.41, 5.74) is 10.5. The van der Waals surface area contributed by atoms with Gasteiger partial charge in [0.25, 0.3) is 0 Å². The maximum Gasteiger partial charge on any atom is 0.215 e. The molecule has 2 aliphatic rings. The number of aromatic nitrogens is 1. The maximum absolute atomic E-state index is 12.3. The van der Waals surface area contributed by atoms with Crippen LogP contribution in [0.4, 0.5) is 11.4 Å². The fraction of sp³-hybridized carbons (Fsp3) is 0.360. The number of aryl methyl sites for hydroxylation is 1. The fourth-order valence-corrected chi connectivity index (χ4v) is 7.89. The minimum absolute atomic E-state index is 0.0938. The molecule has 0 saturated carbocycles. The molecule has 55 heavy (non-hydrogen) atoms. The van der Waals surface area contributed by atoms with E-state index in [9.17, 15) is 9.90 Å². The van der Waals surface area contributed by atoms with Crippen molar-refractivity contribution in [2.75, 3.05) is 38.0 Å². The number of rotatable bonds is 15. The minimum atomic E-state index is 0.0938. The Labute approximate surface area is 329 Å². The summed E-state index contributed by atoms with van der Waals surface area (Å²) >= 11 is 0. The molecule has 0 aliphatic heterocycles. The quantitative estimate of drug-likeness (QED) is 0.0465. The van der Waals surface area contributed by atoms with Crippen molar-refractivity contribution in [2.45, 2.75) is 90.5 Å². The minimum Gasteiger partial charge on any atom is -0.872 e. The maximum atomic E-state index is 12.3. The molecule has 1 heterocycles. The van der Waals surface area contributed by atoms with Gasteiger partial charge in [0.05, 0.1) is 0 Å². The van der Waals surface area contributed by atoms with E-state index in [0.717, 1.165) is 39.9 Å². The van der Waals surface area contributed by atoms with Gasteiger partial charge in [-0.25, -0.2) is 0 Å². The lowest BCUT2D eigenvalue weighted by Gasteiger charge is -2.15. The van der Waals surface area contributed by atoms with Gasteiger partial charge in [0.15, 0.2) is 5.78 Å². The van der Waals surface area contributed by atoms with E-state index < -0.39 is 0 Å². The molecule has 0 atom stereocenters. The van der Waals surface area contributed by atoms with Crippen LogP contribution in [0.3, 0.4) is 0 Å². The second-order valence-corrected chi connectivity index (χ2v) is 15.7. The van der Waals surface area contributed by atoms with Gasteiger partial charge < -0.3 is 14.9 Å². The Bertz CT molecular complexity index is 2140. The van der Waals surface area contributed by atoms with Crippen LogP contribution in [0.25, 0.3) is 27.6 Å². The normalized spacial score (nSPS) is 14.2. The van der Waals surface area contributed by atoms with Crippen molar-refractivity contribution in [1.29, 1.82) is 0 Å². The zero-order valence-corrected chi connectivity index (χ0v) is 33.7. The van der Waals surface area contributed by atoms with Crippen molar-refractivity contribution in [2.24, 2.45) is 0 Å². The topological polar surface area (TPSA) is 50.5 Å². The monoisotopic (exact) mass is 733 g/mol. The van der Waals surface area contributed by atoms with Crippen molar-refractivity contribution in [3.8, 4) is 0 Å². The fourth-order valence-electron chi connectivity index (χ4n) is 7.89. The van der Waals surface area contributed by atoms with Crippen molar-refractivity contribution >= 4 is 44.7 Å². The molecule has 1 aromatic heterocycles. The number of hydrogen-bond acceptors (Lipinski definition) is 4. The predicted octanol–water partition coefficient (Wildman–Crippen LogP) is 10.6. The summed E-state index contributed by atoms with van der Waals surface area (Å²) in [5.74, 6) is 0.188. The molecular formula is C50H59N3O2. The van der Waals surface area contributed by atoms with E-state index in [0.29, 0.717) is 12.8 Å². The number of Topliss-reactive ketones (excluding diaryl/α,β-unsaturated/α-hetero) is 1. The van der Waals surface area contributed by atoms with Crippen LogP contribution in [-0.2, 0) is 19.4 Å². The molecule has 0 spiro atoms. The van der Waals surface area contributed by atoms with E-state index in [2.05, 4.69) is 91.9 Å². The van der Waals surface area contributed by atoms with Crippen molar-refractivity contribution in [3.63, 3.8) is 0 Å². The molecule has 0 fully saturated rings. The molecule has 5 aromatic rings. The lowest BCUT2D eigenvalue weighted by atomic mass is 10.1. The number of benzene rings is 4. The van der Waals surface area contributed by atoms with Crippen LogP contribution < -0.4 is 19.5 Å². The van der Waals surface area contributed by atoms with Gasteiger partial charge in [0, 0.05) is 86.4 Å². The van der Waals surface area contributed by atoms with E-state index in [1.807, 2.05) is 66.8 Å². The number of pyridine rings is 1. The summed E-state index contributed by atoms with van der Waals surface area (Å²) in [7, 11) is 8.50. The van der Waals surface area contributed by atoms with Gasteiger partial charge >= 0.3 is 0 Å². The molecule has 0 amide bonds. The first-order chi connectivity index (χ1) is 26.7. The van der Waals surface area contributed by atoms with Crippen LogP contribution in [0.1, 0.15) is 98.2 Å². The SMILES string of the molecule is CCCCCCCCCCCC[n+]1c2cc(N(C)C)ccc2cc2ccc(N(C)C)cc21.O=C1C(=CC=CC2=C([O-])c3ccccc3C2)Cc2ccccc21. The van der Waals surface area contributed by atoms with E-state index in [4.69, 9.17) is 0 Å². The van der Waals surface area contributed by atoms with E-state index in [1.54, 1.807) is 0 Å². The van der Waals surface area contributed by atoms with Gasteiger partial charge in [0.1, 0.15) is 6.54 Å². The Balaban J connectivity index is 0.000000196. The highest BCUT2D eigenvalue weighted by atomic mass is 16.3. The van der Waals surface area contributed by atoms with Gasteiger partial charge in [0.2, 0.25) is 11.0 Å². The molecule has 0 unspecified atom stereocenters. The second kappa shape index (κ2) is 18.9. The first kappa shape index (κ1) is 39.5. The molecule has 0 N–H and O–H groups in total. The van der Waals surface area contributed by atoms with Gasteiger partial charge in [-0.1, -0.05) is 136 Å². The molecule has 0 bridgehead atoms. The van der Waals surface area contributed by atoms with Crippen molar-refractivity contribution in [1.82, 2.24) is 0 Å². The number of anilines is 2. The summed E-state index contributed by atoms with van der Waals surface area (Å²) in [5, 5.41) is 14.9. The van der Waals surface area contributed by atoms with Gasteiger partial charge in [-0.05, 0) is 59.9 Å². The smallest absolute Gasteiger partial charge is 0.215 e. The largest absolute Gasteiger partial charge is 0.872 e.